The molecule has 0 fully saturated rings. The fraction of sp³-hybridized carbons (Fsp3) is 0.250. The maximum Gasteiger partial charge on any atom is 0.306 e. The van der Waals surface area contributed by atoms with Crippen molar-refractivity contribution < 1.29 is 8.78 Å². The van der Waals surface area contributed by atoms with E-state index in [4.69, 9.17) is 5.73 Å². The molecule has 5 nitrogen and oxygen atoms in total. The number of aromatic nitrogens is 3. The molecule has 7 heteroatoms. The van der Waals surface area contributed by atoms with Gasteiger partial charge in [-0.05, 0) is 19.1 Å². The lowest BCUT2D eigenvalue weighted by Crippen LogP contribution is -2.26. The molecule has 0 aromatic carbocycles. The average Bonchev–Trinajstić information content (AvgIpc) is 2.37. The lowest BCUT2D eigenvalue weighted by molar-refractivity contribution is 0.00577. The molecule has 3 N–H and O–H groups in total. The minimum atomic E-state index is -3.09. The third-order valence-corrected chi connectivity index (χ3v) is 2.44. The number of anilines is 2. The Bertz CT molecular complexity index is 574. The zero-order valence-electron chi connectivity index (χ0n) is 10.3. The predicted octanol–water partition coefficient (Wildman–Crippen LogP) is 1.97. The van der Waals surface area contributed by atoms with E-state index in [1.807, 2.05) is 0 Å². The summed E-state index contributed by atoms with van der Waals surface area (Å²) in [6, 6.07) is 5.90. The number of rotatable bonds is 4. The summed E-state index contributed by atoms with van der Waals surface area (Å²) in [5.41, 5.74) is 5.71. The van der Waals surface area contributed by atoms with Gasteiger partial charge < -0.3 is 11.1 Å². The van der Waals surface area contributed by atoms with Crippen LogP contribution in [-0.2, 0) is 5.92 Å². The molecule has 0 amide bonds. The first-order chi connectivity index (χ1) is 8.97. The van der Waals surface area contributed by atoms with Crippen LogP contribution in [0.3, 0.4) is 0 Å². The van der Waals surface area contributed by atoms with Crippen LogP contribution < -0.4 is 11.1 Å². The van der Waals surface area contributed by atoms with Gasteiger partial charge in [0.2, 0.25) is 0 Å². The number of nitrogens with one attached hydrogen (secondary N) is 1. The van der Waals surface area contributed by atoms with Crippen LogP contribution in [0.15, 0.2) is 30.6 Å². The Morgan fingerprint density at radius 1 is 1.32 bits per heavy atom. The van der Waals surface area contributed by atoms with Crippen LogP contribution >= 0.6 is 0 Å². The van der Waals surface area contributed by atoms with E-state index in [-0.39, 0.29) is 17.3 Å². The summed E-state index contributed by atoms with van der Waals surface area (Å²) in [6.45, 7) is 1.05. The van der Waals surface area contributed by atoms with Gasteiger partial charge in [0.1, 0.15) is 23.7 Å². The Morgan fingerprint density at radius 3 is 2.79 bits per heavy atom. The molecule has 0 radical (unpaired) electrons. The van der Waals surface area contributed by atoms with E-state index in [1.165, 1.54) is 18.5 Å². The van der Waals surface area contributed by atoms with Gasteiger partial charge in [0.05, 0.1) is 6.54 Å². The summed E-state index contributed by atoms with van der Waals surface area (Å²) in [7, 11) is 0. The number of hydrogen-bond acceptors (Lipinski definition) is 5. The van der Waals surface area contributed by atoms with Gasteiger partial charge in [0.25, 0.3) is 0 Å². The van der Waals surface area contributed by atoms with Gasteiger partial charge in [-0.25, -0.2) is 9.97 Å². The molecular weight excluding hydrogens is 252 g/mol. The van der Waals surface area contributed by atoms with Crippen molar-refractivity contribution in [2.45, 2.75) is 12.8 Å². The number of nitrogen functional groups attached to an aromatic ring is 1. The topological polar surface area (TPSA) is 76.7 Å². The van der Waals surface area contributed by atoms with Crippen molar-refractivity contribution in [1.82, 2.24) is 15.0 Å². The zero-order chi connectivity index (χ0) is 13.9. The van der Waals surface area contributed by atoms with Crippen LogP contribution in [0, 0.1) is 6.92 Å². The molecule has 0 spiro atoms. The first kappa shape index (κ1) is 13.1. The second kappa shape index (κ2) is 5.13. The SMILES string of the molecule is Cc1cccc(C(F)(F)CNc2cc(N)ncn2)n1. The highest BCUT2D eigenvalue weighted by Gasteiger charge is 2.33. The van der Waals surface area contributed by atoms with E-state index in [2.05, 4.69) is 20.3 Å². The third-order valence-electron chi connectivity index (χ3n) is 2.44. The van der Waals surface area contributed by atoms with Gasteiger partial charge in [-0.15, -0.1) is 0 Å². The molecule has 100 valence electrons. The van der Waals surface area contributed by atoms with Crippen molar-refractivity contribution >= 4 is 11.6 Å². The van der Waals surface area contributed by atoms with Gasteiger partial charge in [0, 0.05) is 11.8 Å². The zero-order valence-corrected chi connectivity index (χ0v) is 10.3. The van der Waals surface area contributed by atoms with E-state index < -0.39 is 12.5 Å². The summed E-state index contributed by atoms with van der Waals surface area (Å²) < 4.78 is 27.8. The number of aryl methyl sites for hydroxylation is 1. The molecule has 2 aromatic rings. The quantitative estimate of drug-likeness (QED) is 0.883. The lowest BCUT2D eigenvalue weighted by Gasteiger charge is -2.17. The van der Waals surface area contributed by atoms with Crippen molar-refractivity contribution in [3.63, 3.8) is 0 Å². The van der Waals surface area contributed by atoms with Crippen molar-refractivity contribution in [3.8, 4) is 0 Å². The van der Waals surface area contributed by atoms with E-state index in [0.29, 0.717) is 5.69 Å². The Kier molecular flexibility index (Phi) is 3.55. The van der Waals surface area contributed by atoms with Crippen molar-refractivity contribution in [3.05, 3.63) is 42.0 Å². The molecule has 0 aliphatic rings. The normalized spacial score (nSPS) is 11.3. The number of nitrogens with zero attached hydrogens (tertiary/aromatic N) is 3. The molecule has 0 saturated heterocycles. The highest BCUT2D eigenvalue weighted by molar-refractivity contribution is 5.43. The highest BCUT2D eigenvalue weighted by atomic mass is 19.3. The van der Waals surface area contributed by atoms with Crippen LogP contribution in [0.25, 0.3) is 0 Å². The number of pyridine rings is 1. The van der Waals surface area contributed by atoms with Gasteiger partial charge in [-0.2, -0.15) is 8.78 Å². The number of halogens is 2. The lowest BCUT2D eigenvalue weighted by atomic mass is 10.2. The summed E-state index contributed by atoms with van der Waals surface area (Å²) >= 11 is 0. The summed E-state index contributed by atoms with van der Waals surface area (Å²) in [5, 5.41) is 2.52. The molecule has 0 atom stereocenters. The highest BCUT2D eigenvalue weighted by Crippen LogP contribution is 2.26. The summed E-state index contributed by atoms with van der Waals surface area (Å²) in [5.74, 6) is -2.62. The maximum absolute atomic E-state index is 13.9. The molecule has 0 saturated carbocycles. The Morgan fingerprint density at radius 2 is 2.11 bits per heavy atom. The Hall–Kier alpha value is -2.31. The fourth-order valence-corrected chi connectivity index (χ4v) is 1.51. The van der Waals surface area contributed by atoms with Crippen LogP contribution in [0.4, 0.5) is 20.4 Å². The summed E-state index contributed by atoms with van der Waals surface area (Å²) in [6.07, 6.45) is 1.21. The molecule has 0 unspecified atom stereocenters. The third kappa shape index (κ3) is 3.34. The minimum absolute atomic E-state index is 0.217. The van der Waals surface area contributed by atoms with Crippen LogP contribution in [-0.4, -0.2) is 21.5 Å². The van der Waals surface area contributed by atoms with E-state index in [9.17, 15) is 8.78 Å². The number of nitrogens with two attached hydrogens (primary N) is 1. The first-order valence-electron chi connectivity index (χ1n) is 5.61. The standard InChI is InChI=1S/C12H13F2N5/c1-8-3-2-4-9(19-8)12(13,14)6-16-11-5-10(15)17-7-18-11/h2-5,7H,6H2,1H3,(H3,15,16,17,18). The van der Waals surface area contributed by atoms with Crippen LogP contribution in [0.5, 0.6) is 0 Å². The van der Waals surface area contributed by atoms with Gasteiger partial charge in [-0.1, -0.05) is 6.07 Å². The van der Waals surface area contributed by atoms with Crippen LogP contribution in [0.2, 0.25) is 0 Å². The Labute approximate surface area is 108 Å². The van der Waals surface area contributed by atoms with E-state index in [0.717, 1.165) is 0 Å². The molecule has 0 bridgehead atoms. The number of alkyl halides is 2. The minimum Gasteiger partial charge on any atom is -0.384 e. The maximum atomic E-state index is 13.9. The first-order valence-corrected chi connectivity index (χ1v) is 5.61. The second-order valence-electron chi connectivity index (χ2n) is 4.05. The predicted molar refractivity (Wildman–Crippen MR) is 67.8 cm³/mol. The molecule has 0 aliphatic carbocycles. The molecule has 2 rings (SSSR count). The fourth-order valence-electron chi connectivity index (χ4n) is 1.51. The molecule has 0 aliphatic heterocycles. The van der Waals surface area contributed by atoms with Crippen molar-refractivity contribution in [2.24, 2.45) is 0 Å². The Balaban J connectivity index is 2.09. The van der Waals surface area contributed by atoms with E-state index >= 15 is 0 Å². The van der Waals surface area contributed by atoms with Gasteiger partial charge >= 0.3 is 5.92 Å². The van der Waals surface area contributed by atoms with Crippen LogP contribution in [0.1, 0.15) is 11.4 Å². The van der Waals surface area contributed by atoms with Crippen molar-refractivity contribution in [1.29, 1.82) is 0 Å². The monoisotopic (exact) mass is 265 g/mol. The van der Waals surface area contributed by atoms with Gasteiger partial charge in [0.15, 0.2) is 0 Å². The number of hydrogen-bond donors (Lipinski definition) is 2. The van der Waals surface area contributed by atoms with Gasteiger partial charge in [-0.3, -0.25) is 4.98 Å². The summed E-state index contributed by atoms with van der Waals surface area (Å²) in [4.78, 5) is 11.3. The smallest absolute Gasteiger partial charge is 0.306 e. The second-order valence-corrected chi connectivity index (χ2v) is 4.05. The van der Waals surface area contributed by atoms with Crippen molar-refractivity contribution in [2.75, 3.05) is 17.6 Å². The molecule has 2 heterocycles. The largest absolute Gasteiger partial charge is 0.384 e. The average molecular weight is 265 g/mol. The molecular formula is C12H13F2N5. The molecule has 2 aromatic heterocycles. The molecule has 19 heavy (non-hydrogen) atoms. The van der Waals surface area contributed by atoms with E-state index in [1.54, 1.807) is 19.1 Å².